The van der Waals surface area contributed by atoms with E-state index < -0.39 is 0 Å². The largest absolute Gasteiger partial charge is 0.493 e. The summed E-state index contributed by atoms with van der Waals surface area (Å²) in [6, 6.07) is 25.7. The van der Waals surface area contributed by atoms with Gasteiger partial charge in [0.05, 0.1) is 18.1 Å². The van der Waals surface area contributed by atoms with Crippen molar-refractivity contribution in [2.45, 2.75) is 26.4 Å². The number of nitrogens with zero attached hydrogens (tertiary/aromatic N) is 2. The van der Waals surface area contributed by atoms with Crippen LogP contribution in [0.2, 0.25) is 0 Å². The molecule has 1 fully saturated rings. The smallest absolute Gasteiger partial charge is 0.293 e. The number of thioether (sulfide) groups is 1. The maximum Gasteiger partial charge on any atom is 0.293 e. The van der Waals surface area contributed by atoms with E-state index in [0.717, 1.165) is 58.1 Å². The van der Waals surface area contributed by atoms with Gasteiger partial charge >= 0.3 is 0 Å². The molecule has 2 heterocycles. The zero-order valence-electron chi connectivity index (χ0n) is 19.5. The number of ether oxygens (including phenoxy) is 1. The number of fused-ring (bicyclic) bond motifs is 1. The molecule has 2 amide bonds. The van der Waals surface area contributed by atoms with Crippen molar-refractivity contribution in [1.29, 1.82) is 0 Å². The zero-order valence-corrected chi connectivity index (χ0v) is 20.3. The number of hydrogen-bond acceptors (Lipinski definition) is 4. The summed E-state index contributed by atoms with van der Waals surface area (Å²) >= 11 is 1.00. The highest BCUT2D eigenvalue weighted by molar-refractivity contribution is 8.18. The van der Waals surface area contributed by atoms with E-state index in [0.29, 0.717) is 11.5 Å². The molecule has 3 aromatic carbocycles. The summed E-state index contributed by atoms with van der Waals surface area (Å²) < 4.78 is 8.15. The molecule has 176 valence electrons. The molecule has 1 aliphatic heterocycles. The third kappa shape index (κ3) is 5.03. The number of para-hydroxylation sites is 2. The minimum absolute atomic E-state index is 0.234. The van der Waals surface area contributed by atoms with Crippen LogP contribution in [0.5, 0.6) is 5.75 Å². The first kappa shape index (κ1) is 23.0. The number of amides is 2. The van der Waals surface area contributed by atoms with Crippen LogP contribution in [0.15, 0.2) is 90.0 Å². The van der Waals surface area contributed by atoms with Gasteiger partial charge in [-0.05, 0) is 54.4 Å². The van der Waals surface area contributed by atoms with E-state index in [4.69, 9.17) is 4.74 Å². The summed E-state index contributed by atoms with van der Waals surface area (Å²) in [6.45, 7) is 3.73. The van der Waals surface area contributed by atoms with Crippen LogP contribution in [0.25, 0.3) is 17.0 Å². The molecule has 1 saturated heterocycles. The first-order chi connectivity index (χ1) is 17.1. The molecule has 0 saturated carbocycles. The van der Waals surface area contributed by atoms with Crippen LogP contribution in [0.1, 0.15) is 23.1 Å². The number of benzene rings is 3. The minimum atomic E-state index is -0.243. The van der Waals surface area contributed by atoms with Crippen LogP contribution in [-0.2, 0) is 17.9 Å². The molecule has 35 heavy (non-hydrogen) atoms. The second-order valence-corrected chi connectivity index (χ2v) is 9.51. The Balaban J connectivity index is 1.32. The van der Waals surface area contributed by atoms with E-state index >= 15 is 0 Å². The average Bonchev–Trinajstić information content (AvgIpc) is 3.35. The van der Waals surface area contributed by atoms with Crippen LogP contribution >= 0.6 is 11.8 Å². The first-order valence-electron chi connectivity index (χ1n) is 11.7. The lowest BCUT2D eigenvalue weighted by Gasteiger charge is -2.12. The van der Waals surface area contributed by atoms with Crippen molar-refractivity contribution in [2.75, 3.05) is 6.61 Å². The standard InChI is InChI=1S/C29H26N2O3S/c1-21-10-5-8-15-26(21)34-17-9-16-30-20-23(24-13-6-7-14-25(24)30)18-27-28(32)31(29(33)35-27)19-22-11-3-2-4-12-22/h2-8,10-15,18,20H,9,16-17,19H2,1H3/b27-18-. The number of imide groups is 1. The van der Waals surface area contributed by atoms with E-state index in [9.17, 15) is 9.59 Å². The van der Waals surface area contributed by atoms with Gasteiger partial charge in [-0.15, -0.1) is 0 Å². The van der Waals surface area contributed by atoms with Crippen LogP contribution in [0.3, 0.4) is 0 Å². The predicted molar refractivity (Wildman–Crippen MR) is 141 cm³/mol. The lowest BCUT2D eigenvalue weighted by atomic mass is 10.1. The Bertz CT molecular complexity index is 1410. The predicted octanol–water partition coefficient (Wildman–Crippen LogP) is 6.66. The molecule has 6 heteroatoms. The van der Waals surface area contributed by atoms with Crippen molar-refractivity contribution in [3.63, 3.8) is 0 Å². The highest BCUT2D eigenvalue weighted by Crippen LogP contribution is 2.35. The normalized spacial score (nSPS) is 14.9. The monoisotopic (exact) mass is 482 g/mol. The highest BCUT2D eigenvalue weighted by Gasteiger charge is 2.35. The molecule has 4 aromatic rings. The quantitative estimate of drug-likeness (QED) is 0.208. The van der Waals surface area contributed by atoms with E-state index in [-0.39, 0.29) is 17.7 Å². The molecular formula is C29H26N2O3S. The Hall–Kier alpha value is -3.77. The molecule has 0 atom stereocenters. The van der Waals surface area contributed by atoms with Gasteiger partial charge in [-0.25, -0.2) is 0 Å². The molecule has 0 spiro atoms. The van der Waals surface area contributed by atoms with Gasteiger partial charge in [-0.1, -0.05) is 66.7 Å². The highest BCUT2D eigenvalue weighted by atomic mass is 32.2. The SMILES string of the molecule is Cc1ccccc1OCCCn1cc(/C=C2\SC(=O)N(Cc3ccccc3)C2=O)c2ccccc21. The second-order valence-electron chi connectivity index (χ2n) is 8.52. The van der Waals surface area contributed by atoms with Crippen LogP contribution < -0.4 is 4.74 Å². The number of rotatable bonds is 8. The van der Waals surface area contributed by atoms with E-state index in [1.54, 1.807) is 0 Å². The van der Waals surface area contributed by atoms with Gasteiger partial charge < -0.3 is 9.30 Å². The summed E-state index contributed by atoms with van der Waals surface area (Å²) in [5.41, 5.74) is 4.09. The van der Waals surface area contributed by atoms with Crippen LogP contribution in [0.4, 0.5) is 4.79 Å². The van der Waals surface area contributed by atoms with Crippen molar-refractivity contribution >= 4 is 39.9 Å². The van der Waals surface area contributed by atoms with Gasteiger partial charge in [-0.2, -0.15) is 0 Å². The van der Waals surface area contributed by atoms with E-state index in [2.05, 4.69) is 22.9 Å². The van der Waals surface area contributed by atoms with Crippen molar-refractivity contribution in [2.24, 2.45) is 0 Å². The number of carbonyl (C=O) groups excluding carboxylic acids is 2. The van der Waals surface area contributed by atoms with Crippen molar-refractivity contribution in [3.8, 4) is 5.75 Å². The Morgan fingerprint density at radius 3 is 2.49 bits per heavy atom. The first-order valence-corrected chi connectivity index (χ1v) is 12.5. The van der Waals surface area contributed by atoms with Crippen LogP contribution in [-0.4, -0.2) is 27.2 Å². The Labute approximate surface area is 209 Å². The van der Waals surface area contributed by atoms with Crippen molar-refractivity contribution in [1.82, 2.24) is 9.47 Å². The summed E-state index contributed by atoms with van der Waals surface area (Å²) in [7, 11) is 0. The van der Waals surface area contributed by atoms with Crippen molar-refractivity contribution < 1.29 is 14.3 Å². The molecular weight excluding hydrogens is 456 g/mol. The molecule has 5 rings (SSSR count). The number of aryl methyl sites for hydroxylation is 2. The van der Waals surface area contributed by atoms with Gasteiger partial charge in [0.15, 0.2) is 0 Å². The number of carbonyl (C=O) groups is 2. The second kappa shape index (κ2) is 10.2. The molecule has 0 unspecified atom stereocenters. The maximum absolute atomic E-state index is 13.0. The molecule has 1 aliphatic rings. The average molecular weight is 483 g/mol. The zero-order chi connectivity index (χ0) is 24.2. The molecule has 0 bridgehead atoms. The maximum atomic E-state index is 13.0. The lowest BCUT2D eigenvalue weighted by Crippen LogP contribution is -2.27. The van der Waals surface area contributed by atoms with Gasteiger partial charge in [0.2, 0.25) is 0 Å². The molecule has 0 radical (unpaired) electrons. The Morgan fingerprint density at radius 2 is 1.66 bits per heavy atom. The van der Waals surface area contributed by atoms with E-state index in [1.165, 1.54) is 4.90 Å². The molecule has 0 aliphatic carbocycles. The van der Waals surface area contributed by atoms with Gasteiger partial charge in [0.25, 0.3) is 11.1 Å². The topological polar surface area (TPSA) is 51.5 Å². The Morgan fingerprint density at radius 1 is 0.914 bits per heavy atom. The van der Waals surface area contributed by atoms with Gasteiger partial charge in [-0.3, -0.25) is 14.5 Å². The van der Waals surface area contributed by atoms with E-state index in [1.807, 2.05) is 79.7 Å². The lowest BCUT2D eigenvalue weighted by molar-refractivity contribution is -0.123. The summed E-state index contributed by atoms with van der Waals surface area (Å²) in [6.07, 6.45) is 4.75. The van der Waals surface area contributed by atoms with Gasteiger partial charge in [0, 0.05) is 29.2 Å². The fourth-order valence-electron chi connectivity index (χ4n) is 4.25. The third-order valence-electron chi connectivity index (χ3n) is 6.06. The summed E-state index contributed by atoms with van der Waals surface area (Å²) in [4.78, 5) is 27.4. The minimum Gasteiger partial charge on any atom is -0.493 e. The van der Waals surface area contributed by atoms with Gasteiger partial charge in [0.1, 0.15) is 5.75 Å². The Kier molecular flexibility index (Phi) is 6.73. The molecule has 1 aromatic heterocycles. The summed E-state index contributed by atoms with van der Waals surface area (Å²) in [5, 5.41) is 0.823. The fraction of sp³-hybridized carbons (Fsp3) is 0.172. The number of hydrogen-bond donors (Lipinski definition) is 0. The fourth-order valence-corrected chi connectivity index (χ4v) is 5.08. The molecule has 0 N–H and O–H groups in total. The van der Waals surface area contributed by atoms with Crippen LogP contribution in [0, 0.1) is 6.92 Å². The third-order valence-corrected chi connectivity index (χ3v) is 6.97. The molecule has 5 nitrogen and oxygen atoms in total. The number of aromatic nitrogens is 1. The summed E-state index contributed by atoms with van der Waals surface area (Å²) in [5.74, 6) is 0.670. The van der Waals surface area contributed by atoms with Crippen molar-refractivity contribution in [3.05, 3.63) is 107 Å².